The van der Waals surface area contributed by atoms with Crippen LogP contribution in [0.3, 0.4) is 0 Å². The first-order valence-corrected chi connectivity index (χ1v) is 13.2. The molecule has 3 aliphatic heterocycles. The normalized spacial score (nSPS) is 33.0. The highest BCUT2D eigenvalue weighted by molar-refractivity contribution is 6.05. The van der Waals surface area contributed by atoms with Crippen molar-refractivity contribution in [1.82, 2.24) is 15.5 Å². The third-order valence-corrected chi connectivity index (χ3v) is 8.58. The Balaban J connectivity index is 1.27. The third-order valence-electron chi connectivity index (χ3n) is 8.58. The Morgan fingerprint density at radius 3 is 2.69 bits per heavy atom. The monoisotopic (exact) mass is 501 g/mol. The summed E-state index contributed by atoms with van der Waals surface area (Å²) >= 11 is 0. The van der Waals surface area contributed by atoms with Gasteiger partial charge in [0.15, 0.2) is 0 Å². The number of nitrogens with one attached hydrogen (secondary N) is 2. The number of carbonyl (C=O) groups excluding carboxylic acids is 3. The molecule has 3 heterocycles. The lowest BCUT2D eigenvalue weighted by Crippen LogP contribution is -2.52. The average Bonchev–Trinajstić information content (AvgIpc) is 3.20. The van der Waals surface area contributed by atoms with E-state index < -0.39 is 17.8 Å². The predicted octanol–water partition coefficient (Wildman–Crippen LogP) is 2.61. The molecule has 3 fully saturated rings. The topological polar surface area (TPSA) is 97.0 Å². The number of halogens is 1. The van der Waals surface area contributed by atoms with Gasteiger partial charge < -0.3 is 19.7 Å². The lowest BCUT2D eigenvalue weighted by atomic mass is 9.82. The number of hydrogen-bond donors (Lipinski definition) is 2. The maximum Gasteiger partial charge on any atom is 0.255 e. The van der Waals surface area contributed by atoms with Crippen molar-refractivity contribution in [3.63, 3.8) is 0 Å². The number of hydrogen-bond acceptors (Lipinski definition) is 6. The van der Waals surface area contributed by atoms with Crippen LogP contribution in [-0.2, 0) is 32.0 Å². The quantitative estimate of drug-likeness (QED) is 0.582. The molecule has 4 aliphatic rings. The van der Waals surface area contributed by atoms with Gasteiger partial charge in [0.05, 0.1) is 18.2 Å². The molecule has 5 rings (SSSR count). The lowest BCUT2D eigenvalue weighted by Gasteiger charge is -2.40. The number of ether oxygens (including phenoxy) is 2. The summed E-state index contributed by atoms with van der Waals surface area (Å²) in [5.74, 6) is -1.59. The molecule has 1 saturated carbocycles. The second kappa shape index (κ2) is 10.2. The van der Waals surface area contributed by atoms with Gasteiger partial charge in [-0.25, -0.2) is 4.39 Å². The zero-order valence-electron chi connectivity index (χ0n) is 21.1. The van der Waals surface area contributed by atoms with Crippen LogP contribution in [0.4, 0.5) is 4.39 Å². The molecule has 2 saturated heterocycles. The molecule has 8 nitrogen and oxygen atoms in total. The summed E-state index contributed by atoms with van der Waals surface area (Å²) < 4.78 is 27.5. The van der Waals surface area contributed by atoms with Crippen molar-refractivity contribution in [2.45, 2.75) is 101 Å². The van der Waals surface area contributed by atoms with Crippen molar-refractivity contribution in [3.8, 4) is 0 Å². The van der Waals surface area contributed by atoms with Crippen LogP contribution in [0.1, 0.15) is 79.8 Å². The minimum atomic E-state index is -0.754. The Morgan fingerprint density at radius 2 is 1.97 bits per heavy atom. The van der Waals surface area contributed by atoms with Gasteiger partial charge in [-0.3, -0.25) is 19.7 Å². The number of fused-ring (bicyclic) bond motifs is 1. The van der Waals surface area contributed by atoms with E-state index in [-0.39, 0.29) is 48.9 Å². The molecular formula is C27H36FN3O5. The third kappa shape index (κ3) is 4.93. The van der Waals surface area contributed by atoms with Gasteiger partial charge in [0.1, 0.15) is 11.9 Å². The molecule has 1 aromatic carbocycles. The van der Waals surface area contributed by atoms with Crippen molar-refractivity contribution in [2.75, 3.05) is 13.7 Å². The van der Waals surface area contributed by atoms with E-state index in [1.165, 1.54) is 4.90 Å². The summed E-state index contributed by atoms with van der Waals surface area (Å²) in [5.41, 5.74) is 1.10. The largest absolute Gasteiger partial charge is 0.379 e. The molecule has 2 N–H and O–H groups in total. The first kappa shape index (κ1) is 25.3. The Labute approximate surface area is 211 Å². The molecule has 0 aromatic heterocycles. The number of imide groups is 1. The Hall–Kier alpha value is -2.36. The molecule has 196 valence electrons. The highest BCUT2D eigenvalue weighted by Gasteiger charge is 2.41. The first-order chi connectivity index (χ1) is 17.3. The van der Waals surface area contributed by atoms with Gasteiger partial charge in [0, 0.05) is 49.8 Å². The predicted molar refractivity (Wildman–Crippen MR) is 130 cm³/mol. The van der Waals surface area contributed by atoms with Crippen LogP contribution in [0.2, 0.25) is 0 Å². The molecule has 36 heavy (non-hydrogen) atoms. The second-order valence-electron chi connectivity index (χ2n) is 10.9. The van der Waals surface area contributed by atoms with Crippen molar-refractivity contribution in [2.24, 2.45) is 0 Å². The number of methoxy groups -OCH3 is 1. The van der Waals surface area contributed by atoms with Crippen LogP contribution in [0.15, 0.2) is 12.1 Å². The van der Waals surface area contributed by atoms with E-state index >= 15 is 4.39 Å². The standard InChI is InChI=1S/C27H36FN3O5/c1-27(35-2)11-9-17(10-12-27)29-20-4-3-13-36-22(20)14-16-5-6-18-19(24(16)28)15-31(26(18)34)21-7-8-23(32)30-25(21)33/h5-6,17,20-22,29H,3-4,7-15H2,1-2H3,(H,30,32,33)/t17-,20-,21?,22+,27+/m0/s1. The number of benzene rings is 1. The molecule has 9 heteroatoms. The summed E-state index contributed by atoms with van der Waals surface area (Å²) in [6.07, 6.45) is 6.76. The Bertz CT molecular complexity index is 1040. The summed E-state index contributed by atoms with van der Waals surface area (Å²) in [5, 5.41) is 6.07. The van der Waals surface area contributed by atoms with E-state index in [1.807, 2.05) is 0 Å². The molecule has 1 aliphatic carbocycles. The van der Waals surface area contributed by atoms with E-state index in [2.05, 4.69) is 17.6 Å². The van der Waals surface area contributed by atoms with Crippen molar-refractivity contribution < 1.29 is 28.2 Å². The van der Waals surface area contributed by atoms with E-state index in [1.54, 1.807) is 19.2 Å². The van der Waals surface area contributed by atoms with E-state index in [0.29, 0.717) is 35.8 Å². The summed E-state index contributed by atoms with van der Waals surface area (Å²) in [6, 6.07) is 3.13. The van der Waals surface area contributed by atoms with Crippen LogP contribution in [0, 0.1) is 5.82 Å². The van der Waals surface area contributed by atoms with Crippen molar-refractivity contribution >= 4 is 17.7 Å². The van der Waals surface area contributed by atoms with Crippen LogP contribution in [0.5, 0.6) is 0 Å². The minimum absolute atomic E-state index is 0.0354. The Kier molecular flexibility index (Phi) is 7.16. The molecule has 0 radical (unpaired) electrons. The number of nitrogens with zero attached hydrogens (tertiary/aromatic N) is 1. The van der Waals surface area contributed by atoms with Gasteiger partial charge in [-0.15, -0.1) is 0 Å². The molecular weight excluding hydrogens is 465 g/mol. The number of rotatable bonds is 6. The minimum Gasteiger partial charge on any atom is -0.379 e. The van der Waals surface area contributed by atoms with E-state index in [4.69, 9.17) is 9.47 Å². The maximum absolute atomic E-state index is 15.7. The van der Waals surface area contributed by atoms with Gasteiger partial charge in [-0.2, -0.15) is 0 Å². The summed E-state index contributed by atoms with van der Waals surface area (Å²) in [4.78, 5) is 38.2. The number of piperidine rings is 1. The lowest BCUT2D eigenvalue weighted by molar-refractivity contribution is -0.136. The van der Waals surface area contributed by atoms with Gasteiger partial charge in [0.2, 0.25) is 11.8 Å². The Morgan fingerprint density at radius 1 is 1.19 bits per heavy atom. The van der Waals surface area contributed by atoms with Crippen molar-refractivity contribution in [3.05, 3.63) is 34.6 Å². The molecule has 1 unspecified atom stereocenters. The zero-order chi connectivity index (χ0) is 25.4. The fraction of sp³-hybridized carbons (Fsp3) is 0.667. The molecule has 1 aromatic rings. The highest BCUT2D eigenvalue weighted by Crippen LogP contribution is 2.34. The fourth-order valence-electron chi connectivity index (χ4n) is 6.16. The summed E-state index contributed by atoms with van der Waals surface area (Å²) in [7, 11) is 1.78. The van der Waals surface area contributed by atoms with Crippen LogP contribution in [0.25, 0.3) is 0 Å². The van der Waals surface area contributed by atoms with E-state index in [9.17, 15) is 14.4 Å². The van der Waals surface area contributed by atoms with Gasteiger partial charge in [0.25, 0.3) is 5.91 Å². The number of carbonyl (C=O) groups is 3. The zero-order valence-corrected chi connectivity index (χ0v) is 21.1. The second-order valence-corrected chi connectivity index (χ2v) is 10.9. The fourth-order valence-corrected chi connectivity index (χ4v) is 6.16. The molecule has 3 atom stereocenters. The number of amides is 3. The SMILES string of the molecule is CO[C@]1(C)CC[C@H](N[C@H]2CCCO[C@@H]2Cc2ccc3c(c2F)CN(C2CCC(=O)NC2=O)C3=O)CC1. The van der Waals surface area contributed by atoms with Crippen LogP contribution in [-0.4, -0.2) is 66.2 Å². The highest BCUT2D eigenvalue weighted by atomic mass is 19.1. The smallest absolute Gasteiger partial charge is 0.255 e. The van der Waals surface area contributed by atoms with Gasteiger partial charge in [-0.1, -0.05) is 6.07 Å². The molecule has 0 bridgehead atoms. The average molecular weight is 502 g/mol. The maximum atomic E-state index is 15.7. The molecule has 0 spiro atoms. The summed E-state index contributed by atoms with van der Waals surface area (Å²) in [6.45, 7) is 2.86. The van der Waals surface area contributed by atoms with E-state index in [0.717, 1.165) is 38.5 Å². The molecule has 3 amide bonds. The van der Waals surface area contributed by atoms with Gasteiger partial charge in [-0.05, 0) is 63.5 Å². The van der Waals surface area contributed by atoms with Crippen LogP contribution < -0.4 is 10.6 Å². The first-order valence-electron chi connectivity index (χ1n) is 13.2. The van der Waals surface area contributed by atoms with Crippen LogP contribution >= 0.6 is 0 Å². The van der Waals surface area contributed by atoms with Gasteiger partial charge >= 0.3 is 0 Å². The van der Waals surface area contributed by atoms with Crippen molar-refractivity contribution in [1.29, 1.82) is 0 Å².